The molecular formula is C9H9NO2. The van der Waals surface area contributed by atoms with Crippen LogP contribution >= 0.6 is 0 Å². The summed E-state index contributed by atoms with van der Waals surface area (Å²) in [5.74, 6) is -0.907. The van der Waals surface area contributed by atoms with Crippen LogP contribution in [0.1, 0.15) is 15.9 Å². The second kappa shape index (κ2) is 3.67. The van der Waals surface area contributed by atoms with Crippen LogP contribution in [0.3, 0.4) is 0 Å². The third-order valence-electron chi connectivity index (χ3n) is 1.44. The van der Waals surface area contributed by atoms with Crippen molar-refractivity contribution in [2.75, 3.05) is 7.05 Å². The van der Waals surface area contributed by atoms with Gasteiger partial charge in [0, 0.05) is 13.3 Å². The summed E-state index contributed by atoms with van der Waals surface area (Å²) in [6.45, 7) is 0. The minimum absolute atomic E-state index is 0.295. The van der Waals surface area contributed by atoms with Crippen LogP contribution in [0.15, 0.2) is 29.3 Å². The zero-order valence-electron chi connectivity index (χ0n) is 6.69. The number of carbonyl (C=O) groups is 1. The van der Waals surface area contributed by atoms with Gasteiger partial charge in [-0.05, 0) is 17.7 Å². The SMILES string of the molecule is CN=Cc1ccc(C(=O)O)cc1. The lowest BCUT2D eigenvalue weighted by Gasteiger charge is -1.94. The number of aromatic carboxylic acids is 1. The molecular weight excluding hydrogens is 154 g/mol. The van der Waals surface area contributed by atoms with E-state index in [0.29, 0.717) is 5.56 Å². The van der Waals surface area contributed by atoms with E-state index in [4.69, 9.17) is 5.11 Å². The maximum atomic E-state index is 10.4. The van der Waals surface area contributed by atoms with Crippen molar-refractivity contribution in [3.8, 4) is 0 Å². The van der Waals surface area contributed by atoms with Crippen LogP contribution in [0.5, 0.6) is 0 Å². The van der Waals surface area contributed by atoms with Crippen molar-refractivity contribution in [3.63, 3.8) is 0 Å². The number of carboxylic acid groups (broad SMARTS) is 1. The quantitative estimate of drug-likeness (QED) is 0.670. The predicted octanol–water partition coefficient (Wildman–Crippen LogP) is 1.43. The first-order valence-corrected chi connectivity index (χ1v) is 3.49. The highest BCUT2D eigenvalue weighted by Crippen LogP contribution is 2.01. The lowest BCUT2D eigenvalue weighted by Crippen LogP contribution is -1.95. The molecule has 62 valence electrons. The van der Waals surface area contributed by atoms with E-state index in [1.807, 2.05) is 0 Å². The van der Waals surface area contributed by atoms with Gasteiger partial charge >= 0.3 is 5.97 Å². The summed E-state index contributed by atoms with van der Waals surface area (Å²) in [5.41, 5.74) is 1.20. The Balaban J connectivity index is 2.93. The van der Waals surface area contributed by atoms with Crippen molar-refractivity contribution in [3.05, 3.63) is 35.4 Å². The number of hydrogen-bond donors (Lipinski definition) is 1. The summed E-state index contributed by atoms with van der Waals surface area (Å²) in [6, 6.07) is 6.55. The first kappa shape index (κ1) is 8.46. The molecule has 0 aliphatic rings. The van der Waals surface area contributed by atoms with Gasteiger partial charge in [0.1, 0.15) is 0 Å². The Bertz CT molecular complexity index is 301. The van der Waals surface area contributed by atoms with Crippen LogP contribution in [-0.4, -0.2) is 24.3 Å². The Morgan fingerprint density at radius 3 is 2.42 bits per heavy atom. The molecule has 1 N–H and O–H groups in total. The molecule has 0 fully saturated rings. The third-order valence-corrected chi connectivity index (χ3v) is 1.44. The minimum atomic E-state index is -0.907. The summed E-state index contributed by atoms with van der Waals surface area (Å²) >= 11 is 0. The van der Waals surface area contributed by atoms with Crippen molar-refractivity contribution in [2.45, 2.75) is 0 Å². The van der Waals surface area contributed by atoms with Gasteiger partial charge in [0.2, 0.25) is 0 Å². The number of nitrogens with zero attached hydrogens (tertiary/aromatic N) is 1. The number of hydrogen-bond acceptors (Lipinski definition) is 2. The lowest BCUT2D eigenvalue weighted by atomic mass is 10.1. The summed E-state index contributed by atoms with van der Waals surface area (Å²) in [6.07, 6.45) is 1.67. The second-order valence-corrected chi connectivity index (χ2v) is 2.31. The Morgan fingerprint density at radius 2 is 2.00 bits per heavy atom. The molecule has 0 aliphatic carbocycles. The van der Waals surface area contributed by atoms with Gasteiger partial charge in [-0.3, -0.25) is 4.99 Å². The molecule has 0 atom stereocenters. The van der Waals surface area contributed by atoms with Gasteiger partial charge in [-0.25, -0.2) is 4.79 Å². The molecule has 0 aliphatic heterocycles. The smallest absolute Gasteiger partial charge is 0.335 e. The molecule has 1 aromatic carbocycles. The fraction of sp³-hybridized carbons (Fsp3) is 0.111. The number of aliphatic imine (C=N–C) groups is 1. The fourth-order valence-corrected chi connectivity index (χ4v) is 0.861. The highest BCUT2D eigenvalue weighted by Gasteiger charge is 1.99. The molecule has 3 nitrogen and oxygen atoms in total. The Labute approximate surface area is 70.4 Å². The second-order valence-electron chi connectivity index (χ2n) is 2.31. The van der Waals surface area contributed by atoms with Gasteiger partial charge in [0.15, 0.2) is 0 Å². The van der Waals surface area contributed by atoms with Crippen LogP contribution < -0.4 is 0 Å². The minimum Gasteiger partial charge on any atom is -0.478 e. The molecule has 12 heavy (non-hydrogen) atoms. The average molecular weight is 163 g/mol. The third kappa shape index (κ3) is 1.92. The fourth-order valence-electron chi connectivity index (χ4n) is 0.861. The van der Waals surface area contributed by atoms with E-state index in [0.717, 1.165) is 5.56 Å². The summed E-state index contributed by atoms with van der Waals surface area (Å²) in [7, 11) is 1.67. The maximum absolute atomic E-state index is 10.4. The standard InChI is InChI=1S/C9H9NO2/c1-10-6-7-2-4-8(5-3-7)9(11)12/h2-6H,1H3,(H,11,12). The highest BCUT2D eigenvalue weighted by atomic mass is 16.4. The van der Waals surface area contributed by atoms with Crippen LogP contribution in [0.4, 0.5) is 0 Å². The van der Waals surface area contributed by atoms with Crippen LogP contribution in [0, 0.1) is 0 Å². The van der Waals surface area contributed by atoms with Crippen molar-refractivity contribution >= 4 is 12.2 Å². The topological polar surface area (TPSA) is 49.7 Å². The van der Waals surface area contributed by atoms with Crippen molar-refractivity contribution in [1.29, 1.82) is 0 Å². The summed E-state index contributed by atoms with van der Waals surface area (Å²) in [5, 5.41) is 8.57. The molecule has 1 aromatic rings. The summed E-state index contributed by atoms with van der Waals surface area (Å²) in [4.78, 5) is 14.2. The maximum Gasteiger partial charge on any atom is 0.335 e. The lowest BCUT2D eigenvalue weighted by molar-refractivity contribution is 0.0697. The molecule has 0 spiro atoms. The zero-order valence-corrected chi connectivity index (χ0v) is 6.69. The number of rotatable bonds is 2. The van der Waals surface area contributed by atoms with E-state index >= 15 is 0 Å². The normalized spacial score (nSPS) is 10.4. The van der Waals surface area contributed by atoms with Crippen LogP contribution in [-0.2, 0) is 0 Å². The van der Waals surface area contributed by atoms with E-state index in [1.165, 1.54) is 0 Å². The molecule has 3 heteroatoms. The monoisotopic (exact) mass is 163 g/mol. The van der Waals surface area contributed by atoms with E-state index in [-0.39, 0.29) is 0 Å². The molecule has 0 saturated heterocycles. The van der Waals surface area contributed by atoms with Gasteiger partial charge in [-0.2, -0.15) is 0 Å². The molecule has 0 aromatic heterocycles. The van der Waals surface area contributed by atoms with Crippen molar-refractivity contribution in [2.24, 2.45) is 4.99 Å². The van der Waals surface area contributed by atoms with E-state index in [1.54, 1.807) is 37.5 Å². The molecule has 0 heterocycles. The molecule has 0 radical (unpaired) electrons. The van der Waals surface area contributed by atoms with E-state index < -0.39 is 5.97 Å². The molecule has 0 unspecified atom stereocenters. The predicted molar refractivity (Wildman–Crippen MR) is 46.9 cm³/mol. The zero-order chi connectivity index (χ0) is 8.97. The van der Waals surface area contributed by atoms with Gasteiger partial charge in [0.05, 0.1) is 5.56 Å². The first-order chi connectivity index (χ1) is 5.74. The van der Waals surface area contributed by atoms with Crippen molar-refractivity contribution in [1.82, 2.24) is 0 Å². The van der Waals surface area contributed by atoms with E-state index in [9.17, 15) is 4.79 Å². The van der Waals surface area contributed by atoms with Gasteiger partial charge in [-0.15, -0.1) is 0 Å². The average Bonchev–Trinajstić information content (AvgIpc) is 2.06. The van der Waals surface area contributed by atoms with Gasteiger partial charge in [0.25, 0.3) is 0 Å². The Kier molecular flexibility index (Phi) is 2.58. The van der Waals surface area contributed by atoms with E-state index in [2.05, 4.69) is 4.99 Å². The molecule has 0 saturated carbocycles. The molecule has 0 amide bonds. The van der Waals surface area contributed by atoms with Gasteiger partial charge < -0.3 is 5.11 Å². The van der Waals surface area contributed by atoms with Crippen LogP contribution in [0.25, 0.3) is 0 Å². The molecule has 1 rings (SSSR count). The molecule has 0 bridgehead atoms. The Hall–Kier alpha value is -1.64. The van der Waals surface area contributed by atoms with Crippen molar-refractivity contribution < 1.29 is 9.90 Å². The van der Waals surface area contributed by atoms with Crippen LogP contribution in [0.2, 0.25) is 0 Å². The van der Waals surface area contributed by atoms with Gasteiger partial charge in [-0.1, -0.05) is 12.1 Å². The number of benzene rings is 1. The largest absolute Gasteiger partial charge is 0.478 e. The first-order valence-electron chi connectivity index (χ1n) is 3.49. The summed E-state index contributed by atoms with van der Waals surface area (Å²) < 4.78 is 0. The number of carboxylic acids is 1. The highest BCUT2D eigenvalue weighted by molar-refractivity contribution is 5.89. The Morgan fingerprint density at radius 1 is 1.42 bits per heavy atom.